The lowest BCUT2D eigenvalue weighted by atomic mass is 10.1. The van der Waals surface area contributed by atoms with Crippen LogP contribution in [0, 0.1) is 0 Å². The third-order valence-electron chi connectivity index (χ3n) is 1.69. The van der Waals surface area contributed by atoms with Crippen LogP contribution < -0.4 is 0 Å². The van der Waals surface area contributed by atoms with Gasteiger partial charge in [-0.15, -0.1) is 0 Å². The van der Waals surface area contributed by atoms with E-state index in [1.165, 1.54) is 0 Å². The molecule has 4 heteroatoms. The Morgan fingerprint density at radius 3 is 2.07 bits per heavy atom. The molecule has 0 aromatic heterocycles. The third kappa shape index (κ3) is 7.73. The van der Waals surface area contributed by atoms with Crippen molar-refractivity contribution in [3.8, 4) is 0 Å². The maximum Gasteiger partial charge on any atom is 0.309 e. The van der Waals surface area contributed by atoms with Gasteiger partial charge < -0.3 is 9.47 Å². The molecule has 4 nitrogen and oxygen atoms in total. The monoisotopic (exact) mass is 214 g/mol. The van der Waals surface area contributed by atoms with Crippen LogP contribution in [-0.2, 0) is 19.1 Å². The maximum absolute atomic E-state index is 11.0. The van der Waals surface area contributed by atoms with Crippen molar-refractivity contribution in [2.75, 3.05) is 13.2 Å². The SMILES string of the molecule is C=C(CCC(=O)OCC)CC(=O)OCC. The van der Waals surface area contributed by atoms with Gasteiger partial charge in [-0.05, 0) is 20.3 Å². The minimum atomic E-state index is -0.300. The Kier molecular flexibility index (Phi) is 7.32. The summed E-state index contributed by atoms with van der Waals surface area (Å²) in [5.41, 5.74) is 0.696. The number of hydrogen-bond acceptors (Lipinski definition) is 4. The van der Waals surface area contributed by atoms with Gasteiger partial charge in [0.2, 0.25) is 0 Å². The van der Waals surface area contributed by atoms with Gasteiger partial charge in [0.1, 0.15) is 0 Å². The fourth-order valence-corrected chi connectivity index (χ4v) is 1.02. The summed E-state index contributed by atoms with van der Waals surface area (Å²) in [5, 5.41) is 0. The molecule has 0 aromatic carbocycles. The summed E-state index contributed by atoms with van der Waals surface area (Å²) >= 11 is 0. The van der Waals surface area contributed by atoms with E-state index in [-0.39, 0.29) is 24.8 Å². The number of hydrogen-bond donors (Lipinski definition) is 0. The maximum atomic E-state index is 11.0. The fraction of sp³-hybridized carbons (Fsp3) is 0.636. The van der Waals surface area contributed by atoms with Crippen molar-refractivity contribution in [1.29, 1.82) is 0 Å². The van der Waals surface area contributed by atoms with Crippen LogP contribution in [0.2, 0.25) is 0 Å². The van der Waals surface area contributed by atoms with Crippen molar-refractivity contribution in [2.24, 2.45) is 0 Å². The first-order valence-corrected chi connectivity index (χ1v) is 5.08. The number of esters is 2. The summed E-state index contributed by atoms with van der Waals surface area (Å²) in [7, 11) is 0. The first-order chi connectivity index (χ1) is 7.10. The largest absolute Gasteiger partial charge is 0.466 e. The van der Waals surface area contributed by atoms with Gasteiger partial charge in [-0.2, -0.15) is 0 Å². The standard InChI is InChI=1S/C11H18O4/c1-4-14-10(12)7-6-9(3)8-11(13)15-5-2/h3-8H2,1-2H3. The van der Waals surface area contributed by atoms with Crippen LogP contribution in [0.3, 0.4) is 0 Å². The zero-order valence-electron chi connectivity index (χ0n) is 9.38. The van der Waals surface area contributed by atoms with Gasteiger partial charge in [0, 0.05) is 6.42 Å². The van der Waals surface area contributed by atoms with Crippen molar-refractivity contribution in [2.45, 2.75) is 33.1 Å². The second-order valence-corrected chi connectivity index (χ2v) is 3.04. The number of rotatable bonds is 7. The summed E-state index contributed by atoms with van der Waals surface area (Å²) in [6.45, 7) is 7.95. The molecule has 0 aliphatic carbocycles. The average Bonchev–Trinajstić information content (AvgIpc) is 2.15. The Labute approximate surface area is 90.2 Å². The van der Waals surface area contributed by atoms with Crippen LogP contribution in [0.1, 0.15) is 33.1 Å². The molecule has 0 heterocycles. The van der Waals surface area contributed by atoms with E-state index in [4.69, 9.17) is 9.47 Å². The van der Waals surface area contributed by atoms with Crippen molar-refractivity contribution in [3.63, 3.8) is 0 Å². The molecular formula is C11H18O4. The Bertz CT molecular complexity index is 233. The first kappa shape index (κ1) is 13.7. The lowest BCUT2D eigenvalue weighted by Crippen LogP contribution is -2.07. The summed E-state index contributed by atoms with van der Waals surface area (Å²) in [6, 6.07) is 0. The molecule has 0 unspecified atom stereocenters. The smallest absolute Gasteiger partial charge is 0.309 e. The Hall–Kier alpha value is -1.32. The normalized spacial score (nSPS) is 9.47. The fourth-order valence-electron chi connectivity index (χ4n) is 1.02. The molecule has 0 N–H and O–H groups in total. The molecule has 0 amide bonds. The highest BCUT2D eigenvalue weighted by atomic mass is 16.5. The molecule has 0 saturated heterocycles. The van der Waals surface area contributed by atoms with Gasteiger partial charge in [-0.3, -0.25) is 9.59 Å². The van der Waals surface area contributed by atoms with Gasteiger partial charge in [-0.25, -0.2) is 0 Å². The lowest BCUT2D eigenvalue weighted by molar-refractivity contribution is -0.144. The van der Waals surface area contributed by atoms with Crippen LogP contribution in [0.4, 0.5) is 0 Å². The third-order valence-corrected chi connectivity index (χ3v) is 1.69. The van der Waals surface area contributed by atoms with Gasteiger partial charge in [0.15, 0.2) is 0 Å². The van der Waals surface area contributed by atoms with Gasteiger partial charge >= 0.3 is 11.9 Å². The predicted molar refractivity (Wildman–Crippen MR) is 56.3 cm³/mol. The van der Waals surface area contributed by atoms with Gasteiger partial charge in [-0.1, -0.05) is 12.2 Å². The molecule has 0 atom stereocenters. The van der Waals surface area contributed by atoms with Crippen LogP contribution in [0.15, 0.2) is 12.2 Å². The Balaban J connectivity index is 3.66. The minimum Gasteiger partial charge on any atom is -0.466 e. The van der Waals surface area contributed by atoms with Crippen molar-refractivity contribution >= 4 is 11.9 Å². The van der Waals surface area contributed by atoms with Crippen molar-refractivity contribution < 1.29 is 19.1 Å². The second kappa shape index (κ2) is 8.03. The highest BCUT2D eigenvalue weighted by Gasteiger charge is 2.07. The topological polar surface area (TPSA) is 52.6 Å². The molecule has 0 bridgehead atoms. The molecule has 0 spiro atoms. The predicted octanol–water partition coefficient (Wildman–Crippen LogP) is 1.84. The van der Waals surface area contributed by atoms with E-state index in [2.05, 4.69) is 6.58 Å². The molecule has 0 rings (SSSR count). The first-order valence-electron chi connectivity index (χ1n) is 5.08. The van der Waals surface area contributed by atoms with E-state index in [1.807, 2.05) is 0 Å². The summed E-state index contributed by atoms with van der Waals surface area (Å²) in [4.78, 5) is 22.0. The zero-order valence-corrected chi connectivity index (χ0v) is 9.38. The van der Waals surface area contributed by atoms with E-state index < -0.39 is 0 Å². The number of ether oxygens (including phenoxy) is 2. The molecule has 15 heavy (non-hydrogen) atoms. The van der Waals surface area contributed by atoms with E-state index in [9.17, 15) is 9.59 Å². The summed E-state index contributed by atoms with van der Waals surface area (Å²) in [6.07, 6.45) is 0.914. The molecule has 0 aliphatic rings. The van der Waals surface area contributed by atoms with Crippen LogP contribution in [-0.4, -0.2) is 25.2 Å². The molecule has 86 valence electrons. The summed E-state index contributed by atoms with van der Waals surface area (Å²) < 4.78 is 9.50. The van der Waals surface area contributed by atoms with E-state index in [1.54, 1.807) is 13.8 Å². The molecule has 0 fully saturated rings. The van der Waals surface area contributed by atoms with Gasteiger partial charge in [0.25, 0.3) is 0 Å². The van der Waals surface area contributed by atoms with Crippen LogP contribution >= 0.6 is 0 Å². The van der Waals surface area contributed by atoms with Crippen LogP contribution in [0.5, 0.6) is 0 Å². The Morgan fingerprint density at radius 1 is 1.00 bits per heavy atom. The van der Waals surface area contributed by atoms with Crippen molar-refractivity contribution in [3.05, 3.63) is 12.2 Å². The Morgan fingerprint density at radius 2 is 1.53 bits per heavy atom. The number of carbonyl (C=O) groups is 2. The minimum absolute atomic E-state index is 0.174. The quantitative estimate of drug-likeness (QED) is 0.479. The lowest BCUT2D eigenvalue weighted by Gasteiger charge is -2.05. The van der Waals surface area contributed by atoms with E-state index >= 15 is 0 Å². The van der Waals surface area contributed by atoms with Crippen LogP contribution in [0.25, 0.3) is 0 Å². The molecule has 0 aliphatic heterocycles. The average molecular weight is 214 g/mol. The van der Waals surface area contributed by atoms with Crippen molar-refractivity contribution in [1.82, 2.24) is 0 Å². The van der Waals surface area contributed by atoms with Gasteiger partial charge in [0.05, 0.1) is 19.6 Å². The second-order valence-electron chi connectivity index (χ2n) is 3.04. The highest BCUT2D eigenvalue weighted by Crippen LogP contribution is 2.09. The molecule has 0 aromatic rings. The summed E-state index contributed by atoms with van der Waals surface area (Å²) in [5.74, 6) is -0.561. The van der Waals surface area contributed by atoms with E-state index in [0.717, 1.165) is 0 Å². The number of carbonyl (C=O) groups excluding carboxylic acids is 2. The molecule has 0 radical (unpaired) electrons. The zero-order chi connectivity index (χ0) is 11.7. The molecule has 0 saturated carbocycles. The van der Waals surface area contributed by atoms with E-state index in [0.29, 0.717) is 25.2 Å². The molecular weight excluding hydrogens is 196 g/mol. The highest BCUT2D eigenvalue weighted by molar-refractivity contribution is 5.73.